The van der Waals surface area contributed by atoms with Crippen LogP contribution in [-0.4, -0.2) is 27.8 Å². The van der Waals surface area contributed by atoms with E-state index in [1.165, 1.54) is 20.3 Å². The molecule has 0 unspecified atom stereocenters. The zero-order chi connectivity index (χ0) is 12.9. The molecular weight excluding hydrogens is 246 g/mol. The molecule has 17 heavy (non-hydrogen) atoms. The van der Waals surface area contributed by atoms with Crippen molar-refractivity contribution in [3.63, 3.8) is 0 Å². The van der Waals surface area contributed by atoms with Crippen LogP contribution in [0.4, 0.5) is 8.78 Å². The summed E-state index contributed by atoms with van der Waals surface area (Å²) in [6.07, 6.45) is 1.13. The van der Waals surface area contributed by atoms with Crippen LogP contribution in [0.1, 0.15) is 12.0 Å². The van der Waals surface area contributed by atoms with E-state index in [0.717, 1.165) is 12.1 Å². The van der Waals surface area contributed by atoms with Gasteiger partial charge in [-0.05, 0) is 30.5 Å². The summed E-state index contributed by atoms with van der Waals surface area (Å²) in [5.41, 5.74) is 0.687. The molecule has 1 aromatic rings. The second-order valence-corrected chi connectivity index (χ2v) is 6.46. The van der Waals surface area contributed by atoms with Gasteiger partial charge in [0.1, 0.15) is 0 Å². The van der Waals surface area contributed by atoms with Gasteiger partial charge in [0, 0.05) is 20.3 Å². The SMILES string of the molecule is CO[Si](O)(CCCc1ccc(F)c(F)c1)OC. The third-order valence-corrected chi connectivity index (χ3v) is 4.84. The molecular formula is C11H16F2O3Si. The number of hydrogen-bond acceptors (Lipinski definition) is 3. The average molecular weight is 262 g/mol. The molecule has 3 nitrogen and oxygen atoms in total. The van der Waals surface area contributed by atoms with Crippen LogP contribution in [0.5, 0.6) is 0 Å². The summed E-state index contributed by atoms with van der Waals surface area (Å²) < 4.78 is 35.4. The maximum absolute atomic E-state index is 12.9. The van der Waals surface area contributed by atoms with Crippen LogP contribution >= 0.6 is 0 Å². The fraction of sp³-hybridized carbons (Fsp3) is 0.455. The van der Waals surface area contributed by atoms with Gasteiger partial charge in [0.25, 0.3) is 0 Å². The molecule has 1 aromatic carbocycles. The Morgan fingerprint density at radius 3 is 2.35 bits per heavy atom. The molecule has 0 amide bonds. The molecule has 6 heteroatoms. The number of aryl methyl sites for hydroxylation is 1. The smallest absolute Gasteiger partial charge is 0.390 e. The quantitative estimate of drug-likeness (QED) is 0.798. The highest BCUT2D eigenvalue weighted by atomic mass is 28.4. The van der Waals surface area contributed by atoms with E-state index >= 15 is 0 Å². The van der Waals surface area contributed by atoms with Crippen LogP contribution in [0.15, 0.2) is 18.2 Å². The maximum Gasteiger partial charge on any atom is 0.497 e. The zero-order valence-electron chi connectivity index (χ0n) is 9.87. The lowest BCUT2D eigenvalue weighted by Gasteiger charge is -2.19. The topological polar surface area (TPSA) is 38.7 Å². The van der Waals surface area contributed by atoms with Gasteiger partial charge in [-0.3, -0.25) is 0 Å². The molecule has 0 saturated heterocycles. The second kappa shape index (κ2) is 6.20. The average Bonchev–Trinajstić information content (AvgIpc) is 2.33. The van der Waals surface area contributed by atoms with Crippen LogP contribution in [0.2, 0.25) is 6.04 Å². The minimum absolute atomic E-state index is 0.388. The fourth-order valence-corrected chi connectivity index (χ4v) is 2.70. The second-order valence-electron chi connectivity index (χ2n) is 3.72. The molecule has 0 atom stereocenters. The lowest BCUT2D eigenvalue weighted by molar-refractivity contribution is 0.150. The van der Waals surface area contributed by atoms with Gasteiger partial charge in [-0.15, -0.1) is 0 Å². The van der Waals surface area contributed by atoms with Crippen LogP contribution in [0.3, 0.4) is 0 Å². The lowest BCUT2D eigenvalue weighted by Crippen LogP contribution is -2.40. The normalized spacial score (nSPS) is 11.8. The number of halogens is 2. The van der Waals surface area contributed by atoms with Gasteiger partial charge in [-0.25, -0.2) is 8.78 Å². The lowest BCUT2D eigenvalue weighted by atomic mass is 10.1. The van der Waals surface area contributed by atoms with Crippen molar-refractivity contribution in [3.8, 4) is 0 Å². The summed E-state index contributed by atoms with van der Waals surface area (Å²) in [5, 5.41) is 0. The largest absolute Gasteiger partial charge is 0.497 e. The van der Waals surface area contributed by atoms with E-state index in [0.29, 0.717) is 24.4 Å². The van der Waals surface area contributed by atoms with Crippen LogP contribution in [0.25, 0.3) is 0 Å². The van der Waals surface area contributed by atoms with E-state index in [-0.39, 0.29) is 0 Å². The first-order chi connectivity index (χ1) is 8.00. The van der Waals surface area contributed by atoms with E-state index < -0.39 is 20.4 Å². The predicted octanol–water partition coefficient (Wildman–Crippen LogP) is 2.12. The summed E-state index contributed by atoms with van der Waals surface area (Å²) in [5.74, 6) is -1.71. The monoisotopic (exact) mass is 262 g/mol. The van der Waals surface area contributed by atoms with Crippen molar-refractivity contribution in [2.75, 3.05) is 14.2 Å². The molecule has 0 aliphatic rings. The Morgan fingerprint density at radius 1 is 1.18 bits per heavy atom. The molecule has 0 fully saturated rings. The van der Waals surface area contributed by atoms with Crippen molar-refractivity contribution in [3.05, 3.63) is 35.4 Å². The van der Waals surface area contributed by atoms with Gasteiger partial charge in [0.05, 0.1) is 0 Å². The highest BCUT2D eigenvalue weighted by molar-refractivity contribution is 6.59. The Hall–Kier alpha value is -0.823. The molecule has 1 rings (SSSR count). The van der Waals surface area contributed by atoms with Gasteiger partial charge in [0.15, 0.2) is 11.6 Å². The predicted molar refractivity (Wildman–Crippen MR) is 61.5 cm³/mol. The molecule has 0 radical (unpaired) electrons. The first kappa shape index (κ1) is 14.2. The van der Waals surface area contributed by atoms with Crippen molar-refractivity contribution < 1.29 is 22.4 Å². The Bertz CT molecular complexity index is 370. The van der Waals surface area contributed by atoms with E-state index in [1.807, 2.05) is 0 Å². The summed E-state index contributed by atoms with van der Waals surface area (Å²) in [6, 6.07) is 4.17. The van der Waals surface area contributed by atoms with Gasteiger partial charge in [-0.1, -0.05) is 6.07 Å². The zero-order valence-corrected chi connectivity index (χ0v) is 10.9. The fourth-order valence-electron chi connectivity index (χ4n) is 1.50. The minimum atomic E-state index is -3.04. The Labute approximate surface area is 100 Å². The number of rotatable bonds is 6. The van der Waals surface area contributed by atoms with Gasteiger partial charge in [0.2, 0.25) is 0 Å². The van der Waals surface area contributed by atoms with Gasteiger partial charge < -0.3 is 13.6 Å². The van der Waals surface area contributed by atoms with E-state index in [4.69, 9.17) is 8.85 Å². The molecule has 0 aliphatic heterocycles. The highest BCUT2D eigenvalue weighted by Crippen LogP contribution is 2.15. The Balaban J connectivity index is 2.48. The molecule has 0 heterocycles. The van der Waals surface area contributed by atoms with Crippen molar-refractivity contribution >= 4 is 8.80 Å². The molecule has 1 N–H and O–H groups in total. The third-order valence-electron chi connectivity index (χ3n) is 2.58. The van der Waals surface area contributed by atoms with E-state index in [1.54, 1.807) is 0 Å². The first-order valence-corrected chi connectivity index (χ1v) is 7.24. The molecule has 0 aromatic heterocycles. The molecule has 96 valence electrons. The molecule has 0 bridgehead atoms. The summed E-state index contributed by atoms with van der Waals surface area (Å²) in [6.45, 7) is 0. The molecule has 0 saturated carbocycles. The van der Waals surface area contributed by atoms with Crippen LogP contribution < -0.4 is 0 Å². The molecule has 0 spiro atoms. The summed E-state index contributed by atoms with van der Waals surface area (Å²) in [7, 11) is -0.251. The van der Waals surface area contributed by atoms with Crippen molar-refractivity contribution in [2.45, 2.75) is 18.9 Å². The first-order valence-electron chi connectivity index (χ1n) is 5.27. The molecule has 0 aliphatic carbocycles. The Kier molecular flexibility index (Phi) is 5.19. The minimum Gasteiger partial charge on any atom is -0.390 e. The van der Waals surface area contributed by atoms with E-state index in [9.17, 15) is 13.6 Å². The third kappa shape index (κ3) is 4.16. The van der Waals surface area contributed by atoms with Crippen LogP contribution in [0, 0.1) is 11.6 Å². The van der Waals surface area contributed by atoms with Crippen LogP contribution in [-0.2, 0) is 15.3 Å². The van der Waals surface area contributed by atoms with Gasteiger partial charge in [-0.2, -0.15) is 0 Å². The van der Waals surface area contributed by atoms with Crippen molar-refractivity contribution in [1.82, 2.24) is 0 Å². The number of hydrogen-bond donors (Lipinski definition) is 1. The standard InChI is InChI=1S/C11H16F2O3Si/c1-15-17(14,16-2)7-3-4-9-5-6-10(12)11(13)8-9/h5-6,8,14H,3-4,7H2,1-2H3. The van der Waals surface area contributed by atoms with Crippen molar-refractivity contribution in [1.29, 1.82) is 0 Å². The highest BCUT2D eigenvalue weighted by Gasteiger charge is 2.33. The number of benzene rings is 1. The van der Waals surface area contributed by atoms with Gasteiger partial charge >= 0.3 is 8.80 Å². The maximum atomic E-state index is 12.9. The van der Waals surface area contributed by atoms with E-state index in [2.05, 4.69) is 0 Å². The Morgan fingerprint density at radius 2 is 1.82 bits per heavy atom. The summed E-state index contributed by atoms with van der Waals surface area (Å²) >= 11 is 0. The summed E-state index contributed by atoms with van der Waals surface area (Å²) in [4.78, 5) is 9.77. The van der Waals surface area contributed by atoms with Crippen molar-refractivity contribution in [2.24, 2.45) is 0 Å².